The standard InChI is InChI=1S/C17H24ClNO2/c1-4-21-16(20)17(9-8-12(2)10-13(17)3)19-15-7-5-6-14(18)11-15/h5-7,11-13,19H,4,8-10H2,1-3H3. The van der Waals surface area contributed by atoms with Crippen LogP contribution < -0.4 is 5.32 Å². The van der Waals surface area contributed by atoms with Gasteiger partial charge >= 0.3 is 5.97 Å². The second-order valence-corrected chi connectivity index (χ2v) is 6.54. The third-order valence-corrected chi connectivity index (χ3v) is 4.70. The van der Waals surface area contributed by atoms with E-state index in [4.69, 9.17) is 16.3 Å². The number of hydrogen-bond acceptors (Lipinski definition) is 3. The first kappa shape index (κ1) is 16.2. The predicted molar refractivity (Wildman–Crippen MR) is 86.6 cm³/mol. The summed E-state index contributed by atoms with van der Waals surface area (Å²) in [6.07, 6.45) is 2.84. The maximum atomic E-state index is 12.6. The molecule has 0 aliphatic heterocycles. The van der Waals surface area contributed by atoms with E-state index in [9.17, 15) is 4.79 Å². The first-order valence-corrected chi connectivity index (χ1v) is 8.06. The Morgan fingerprint density at radius 2 is 2.24 bits per heavy atom. The van der Waals surface area contributed by atoms with Crippen LogP contribution in [-0.2, 0) is 9.53 Å². The second kappa shape index (κ2) is 6.69. The number of anilines is 1. The minimum Gasteiger partial charge on any atom is -0.464 e. The smallest absolute Gasteiger partial charge is 0.332 e. The summed E-state index contributed by atoms with van der Waals surface area (Å²) in [5, 5.41) is 4.09. The van der Waals surface area contributed by atoms with Crippen LogP contribution in [0.15, 0.2) is 24.3 Å². The number of carbonyl (C=O) groups excluding carboxylic acids is 1. The molecule has 4 heteroatoms. The Kier molecular flexibility index (Phi) is 5.15. The summed E-state index contributed by atoms with van der Waals surface area (Å²) in [6, 6.07) is 7.51. The molecular formula is C17H24ClNO2. The van der Waals surface area contributed by atoms with Gasteiger partial charge in [-0.3, -0.25) is 0 Å². The average Bonchev–Trinajstić information content (AvgIpc) is 2.42. The van der Waals surface area contributed by atoms with E-state index in [0.717, 1.165) is 24.9 Å². The number of hydrogen-bond donors (Lipinski definition) is 1. The van der Waals surface area contributed by atoms with Gasteiger partial charge < -0.3 is 10.1 Å². The lowest BCUT2D eigenvalue weighted by molar-refractivity contribution is -0.152. The molecule has 2 rings (SSSR count). The van der Waals surface area contributed by atoms with Gasteiger partial charge in [0.2, 0.25) is 0 Å². The van der Waals surface area contributed by atoms with Crippen LogP contribution in [0.5, 0.6) is 0 Å². The van der Waals surface area contributed by atoms with Crippen molar-refractivity contribution in [2.45, 2.75) is 45.6 Å². The van der Waals surface area contributed by atoms with E-state index in [1.807, 2.05) is 31.2 Å². The molecule has 0 saturated heterocycles. The van der Waals surface area contributed by atoms with Crippen LogP contribution in [0.1, 0.15) is 40.0 Å². The molecule has 0 heterocycles. The summed E-state index contributed by atoms with van der Waals surface area (Å²) in [5.74, 6) is 0.715. The summed E-state index contributed by atoms with van der Waals surface area (Å²) in [4.78, 5) is 12.6. The van der Waals surface area contributed by atoms with Gasteiger partial charge in [0.25, 0.3) is 0 Å². The largest absolute Gasteiger partial charge is 0.464 e. The van der Waals surface area contributed by atoms with E-state index in [0.29, 0.717) is 17.5 Å². The molecule has 0 spiro atoms. The van der Waals surface area contributed by atoms with Crippen molar-refractivity contribution in [1.29, 1.82) is 0 Å². The van der Waals surface area contributed by atoms with Crippen molar-refractivity contribution in [3.8, 4) is 0 Å². The maximum Gasteiger partial charge on any atom is 0.332 e. The molecule has 0 bridgehead atoms. The lowest BCUT2D eigenvalue weighted by atomic mass is 9.69. The van der Waals surface area contributed by atoms with Crippen molar-refractivity contribution >= 4 is 23.3 Å². The van der Waals surface area contributed by atoms with Crippen molar-refractivity contribution < 1.29 is 9.53 Å². The zero-order chi connectivity index (χ0) is 15.5. The van der Waals surface area contributed by atoms with Gasteiger partial charge in [0.05, 0.1) is 6.61 Å². The highest BCUT2D eigenvalue weighted by molar-refractivity contribution is 6.30. The van der Waals surface area contributed by atoms with Crippen LogP contribution in [0.2, 0.25) is 5.02 Å². The van der Waals surface area contributed by atoms with E-state index in [1.54, 1.807) is 0 Å². The van der Waals surface area contributed by atoms with Crippen molar-refractivity contribution in [2.24, 2.45) is 11.8 Å². The van der Waals surface area contributed by atoms with Crippen LogP contribution in [0, 0.1) is 11.8 Å². The molecule has 3 nitrogen and oxygen atoms in total. The molecule has 1 aliphatic rings. The third-order valence-electron chi connectivity index (χ3n) is 4.46. The molecule has 0 amide bonds. The Morgan fingerprint density at radius 1 is 1.48 bits per heavy atom. The molecule has 1 fully saturated rings. The SMILES string of the molecule is CCOC(=O)C1(Nc2cccc(Cl)c2)CCC(C)CC1C. The summed E-state index contributed by atoms with van der Waals surface area (Å²) < 4.78 is 5.36. The van der Waals surface area contributed by atoms with Gasteiger partial charge in [-0.25, -0.2) is 4.79 Å². The number of esters is 1. The van der Waals surface area contributed by atoms with Crippen molar-refractivity contribution in [3.05, 3.63) is 29.3 Å². The monoisotopic (exact) mass is 309 g/mol. The normalized spacial score (nSPS) is 29.0. The number of nitrogens with one attached hydrogen (secondary N) is 1. The van der Waals surface area contributed by atoms with Crippen LogP contribution >= 0.6 is 11.6 Å². The zero-order valence-electron chi connectivity index (χ0n) is 13.0. The number of benzene rings is 1. The van der Waals surface area contributed by atoms with E-state index in [-0.39, 0.29) is 11.9 Å². The fourth-order valence-electron chi connectivity index (χ4n) is 3.27. The van der Waals surface area contributed by atoms with Crippen LogP contribution in [0.25, 0.3) is 0 Å². The molecule has 1 aromatic carbocycles. The van der Waals surface area contributed by atoms with Gasteiger partial charge in [-0.1, -0.05) is 31.5 Å². The van der Waals surface area contributed by atoms with Gasteiger partial charge in [-0.2, -0.15) is 0 Å². The van der Waals surface area contributed by atoms with E-state index < -0.39 is 5.54 Å². The highest BCUT2D eigenvalue weighted by Gasteiger charge is 2.47. The van der Waals surface area contributed by atoms with Crippen LogP contribution in [0.4, 0.5) is 5.69 Å². The van der Waals surface area contributed by atoms with Gasteiger partial charge in [0.15, 0.2) is 0 Å². The zero-order valence-corrected chi connectivity index (χ0v) is 13.7. The molecule has 0 aromatic heterocycles. The quantitative estimate of drug-likeness (QED) is 0.832. The lowest BCUT2D eigenvalue weighted by Crippen LogP contribution is -2.55. The molecule has 1 aliphatic carbocycles. The molecule has 1 aromatic rings. The van der Waals surface area contributed by atoms with Crippen LogP contribution in [0.3, 0.4) is 0 Å². The molecule has 3 unspecified atom stereocenters. The first-order chi connectivity index (χ1) is 9.98. The average molecular weight is 310 g/mol. The number of carbonyl (C=O) groups is 1. The fraction of sp³-hybridized carbons (Fsp3) is 0.588. The van der Waals surface area contributed by atoms with Gasteiger partial charge in [-0.05, 0) is 56.2 Å². The molecular weight excluding hydrogens is 286 g/mol. The summed E-state index contributed by atoms with van der Waals surface area (Å²) in [6.45, 7) is 6.62. The lowest BCUT2D eigenvalue weighted by Gasteiger charge is -2.43. The van der Waals surface area contributed by atoms with Crippen molar-refractivity contribution in [3.63, 3.8) is 0 Å². The Balaban J connectivity index is 2.30. The van der Waals surface area contributed by atoms with Gasteiger partial charge in [0, 0.05) is 10.7 Å². The molecule has 21 heavy (non-hydrogen) atoms. The summed E-state index contributed by atoms with van der Waals surface area (Å²) in [7, 11) is 0. The predicted octanol–water partition coefficient (Wildman–Crippen LogP) is 4.51. The highest BCUT2D eigenvalue weighted by atomic mass is 35.5. The number of ether oxygens (including phenoxy) is 1. The van der Waals surface area contributed by atoms with Gasteiger partial charge in [-0.15, -0.1) is 0 Å². The number of rotatable bonds is 4. The number of halogens is 1. The van der Waals surface area contributed by atoms with Crippen molar-refractivity contribution in [1.82, 2.24) is 0 Å². The topological polar surface area (TPSA) is 38.3 Å². The van der Waals surface area contributed by atoms with E-state index in [2.05, 4.69) is 19.2 Å². The molecule has 1 saturated carbocycles. The highest BCUT2D eigenvalue weighted by Crippen LogP contribution is 2.40. The Hall–Kier alpha value is -1.22. The Labute approximate surface area is 132 Å². The molecule has 116 valence electrons. The van der Waals surface area contributed by atoms with Crippen LogP contribution in [-0.4, -0.2) is 18.1 Å². The Morgan fingerprint density at radius 3 is 2.86 bits per heavy atom. The third kappa shape index (κ3) is 3.52. The molecule has 3 atom stereocenters. The first-order valence-electron chi connectivity index (χ1n) is 7.69. The molecule has 1 N–H and O–H groups in total. The second-order valence-electron chi connectivity index (χ2n) is 6.11. The minimum atomic E-state index is -0.646. The molecule has 0 radical (unpaired) electrons. The Bertz CT molecular complexity index is 505. The maximum absolute atomic E-state index is 12.6. The summed E-state index contributed by atoms with van der Waals surface area (Å²) >= 11 is 6.05. The van der Waals surface area contributed by atoms with E-state index >= 15 is 0 Å². The fourth-order valence-corrected chi connectivity index (χ4v) is 3.46. The van der Waals surface area contributed by atoms with E-state index in [1.165, 1.54) is 0 Å². The minimum absolute atomic E-state index is 0.149. The van der Waals surface area contributed by atoms with Crippen molar-refractivity contribution in [2.75, 3.05) is 11.9 Å². The summed E-state index contributed by atoms with van der Waals surface area (Å²) in [5.41, 5.74) is 0.227. The van der Waals surface area contributed by atoms with Gasteiger partial charge in [0.1, 0.15) is 5.54 Å².